The summed E-state index contributed by atoms with van der Waals surface area (Å²) in [5.41, 5.74) is 0.659. The minimum absolute atomic E-state index is 0.153. The quantitative estimate of drug-likeness (QED) is 0.772. The number of fused-ring (bicyclic) bond motifs is 1. The Morgan fingerprint density at radius 2 is 1.68 bits per heavy atom. The molecule has 0 saturated carbocycles. The molecule has 0 aliphatic heterocycles. The number of nitrogens with one attached hydrogen (secondary N) is 1. The number of benzene rings is 3. The maximum absolute atomic E-state index is 12.4. The van der Waals surface area contributed by atoms with Crippen molar-refractivity contribution >= 4 is 33.4 Å². The van der Waals surface area contributed by atoms with E-state index in [-0.39, 0.29) is 5.56 Å². The first kappa shape index (κ1) is 14.3. The molecule has 3 aromatic rings. The van der Waals surface area contributed by atoms with E-state index in [0.717, 1.165) is 10.8 Å². The third kappa shape index (κ3) is 2.99. The molecule has 0 fully saturated rings. The maximum Gasteiger partial charge on any atom is 0.335 e. The molecule has 22 heavy (non-hydrogen) atoms. The van der Waals surface area contributed by atoms with Gasteiger partial charge in [0.2, 0.25) is 0 Å². The predicted octanol–water partition coefficient (Wildman–Crippen LogP) is 3.67. The summed E-state index contributed by atoms with van der Waals surface area (Å²) >= 11 is 0. The fourth-order valence-electron chi connectivity index (χ4n) is 2.16. The lowest BCUT2D eigenvalue weighted by molar-refractivity contribution is 0.0697. The fourth-order valence-corrected chi connectivity index (χ4v) is 3.05. The van der Waals surface area contributed by atoms with Gasteiger partial charge in [0, 0.05) is 5.69 Å². The molecule has 1 unspecified atom stereocenters. The molecule has 0 saturated heterocycles. The van der Waals surface area contributed by atoms with E-state index < -0.39 is 17.0 Å². The first-order valence-electron chi connectivity index (χ1n) is 6.64. The highest BCUT2D eigenvalue weighted by molar-refractivity contribution is 7.86. The standard InChI is InChI=1S/C17H13NO3S/c19-17(20)14-6-3-7-15(10-14)18-22(21)16-9-8-12-4-1-2-5-13(12)11-16/h1-11,18H,(H,19,20). The zero-order valence-corrected chi connectivity index (χ0v) is 12.3. The van der Waals surface area contributed by atoms with E-state index in [0.29, 0.717) is 10.6 Å². The molecule has 0 amide bonds. The number of carbonyl (C=O) groups is 1. The van der Waals surface area contributed by atoms with Gasteiger partial charge in [-0.05, 0) is 41.1 Å². The normalized spacial score (nSPS) is 12.0. The summed E-state index contributed by atoms with van der Waals surface area (Å²) in [6, 6.07) is 19.7. The van der Waals surface area contributed by atoms with E-state index in [9.17, 15) is 9.00 Å². The number of hydrogen-bond acceptors (Lipinski definition) is 2. The van der Waals surface area contributed by atoms with E-state index in [2.05, 4.69) is 4.72 Å². The van der Waals surface area contributed by atoms with Crippen molar-refractivity contribution in [2.24, 2.45) is 0 Å². The van der Waals surface area contributed by atoms with Crippen molar-refractivity contribution in [1.29, 1.82) is 0 Å². The number of rotatable bonds is 4. The minimum Gasteiger partial charge on any atom is -0.478 e. The van der Waals surface area contributed by atoms with Crippen LogP contribution in [-0.2, 0) is 11.0 Å². The molecule has 3 rings (SSSR count). The van der Waals surface area contributed by atoms with Gasteiger partial charge in [0.15, 0.2) is 0 Å². The van der Waals surface area contributed by atoms with Gasteiger partial charge in [0.25, 0.3) is 0 Å². The molecule has 0 spiro atoms. The predicted molar refractivity (Wildman–Crippen MR) is 87.4 cm³/mol. The first-order valence-corrected chi connectivity index (χ1v) is 7.79. The summed E-state index contributed by atoms with van der Waals surface area (Å²) in [5, 5.41) is 11.1. The smallest absolute Gasteiger partial charge is 0.335 e. The third-order valence-corrected chi connectivity index (χ3v) is 4.36. The van der Waals surface area contributed by atoms with Crippen LogP contribution in [0.25, 0.3) is 10.8 Å². The largest absolute Gasteiger partial charge is 0.478 e. The molecule has 0 heterocycles. The Bertz CT molecular complexity index is 876. The molecule has 0 bridgehead atoms. The van der Waals surface area contributed by atoms with Crippen LogP contribution < -0.4 is 4.72 Å². The lowest BCUT2D eigenvalue weighted by atomic mass is 10.1. The van der Waals surface area contributed by atoms with Gasteiger partial charge in [-0.15, -0.1) is 0 Å². The van der Waals surface area contributed by atoms with E-state index in [1.807, 2.05) is 36.4 Å². The lowest BCUT2D eigenvalue weighted by Crippen LogP contribution is -2.06. The van der Waals surface area contributed by atoms with Crippen molar-refractivity contribution in [2.75, 3.05) is 4.72 Å². The van der Waals surface area contributed by atoms with E-state index in [4.69, 9.17) is 5.11 Å². The summed E-state index contributed by atoms with van der Waals surface area (Å²) in [5.74, 6) is -1.01. The second kappa shape index (κ2) is 5.99. The van der Waals surface area contributed by atoms with Gasteiger partial charge in [-0.3, -0.25) is 0 Å². The number of anilines is 1. The van der Waals surface area contributed by atoms with Crippen LogP contribution in [0, 0.1) is 0 Å². The summed E-state index contributed by atoms with van der Waals surface area (Å²) in [4.78, 5) is 11.6. The van der Waals surface area contributed by atoms with E-state index >= 15 is 0 Å². The van der Waals surface area contributed by atoms with Gasteiger partial charge in [-0.25, -0.2) is 9.00 Å². The Labute approximate surface area is 130 Å². The molecule has 3 aromatic carbocycles. The average molecular weight is 311 g/mol. The number of aromatic carboxylic acids is 1. The van der Waals surface area contributed by atoms with Crippen molar-refractivity contribution in [2.45, 2.75) is 4.90 Å². The van der Waals surface area contributed by atoms with E-state index in [1.54, 1.807) is 18.2 Å². The van der Waals surface area contributed by atoms with Crippen LogP contribution in [0.2, 0.25) is 0 Å². The SMILES string of the molecule is O=C(O)c1cccc(NS(=O)c2ccc3ccccc3c2)c1. The summed E-state index contributed by atoms with van der Waals surface area (Å²) in [6.45, 7) is 0. The Morgan fingerprint density at radius 1 is 0.909 bits per heavy atom. The van der Waals surface area contributed by atoms with Gasteiger partial charge in [-0.2, -0.15) is 0 Å². The Morgan fingerprint density at radius 3 is 2.45 bits per heavy atom. The van der Waals surface area contributed by atoms with Crippen LogP contribution >= 0.6 is 0 Å². The molecule has 0 aromatic heterocycles. The van der Waals surface area contributed by atoms with Crippen LogP contribution in [0.1, 0.15) is 10.4 Å². The van der Waals surface area contributed by atoms with Crippen LogP contribution in [0.5, 0.6) is 0 Å². The zero-order valence-electron chi connectivity index (χ0n) is 11.5. The van der Waals surface area contributed by atoms with Crippen LogP contribution in [0.3, 0.4) is 0 Å². The molecule has 5 heteroatoms. The van der Waals surface area contributed by atoms with Gasteiger partial charge in [0.1, 0.15) is 11.0 Å². The maximum atomic E-state index is 12.4. The zero-order chi connectivity index (χ0) is 15.5. The number of carboxylic acids is 1. The molecular weight excluding hydrogens is 298 g/mol. The number of carboxylic acid groups (broad SMARTS) is 1. The van der Waals surface area contributed by atoms with Gasteiger partial charge in [0.05, 0.1) is 10.5 Å². The monoisotopic (exact) mass is 311 g/mol. The second-order valence-electron chi connectivity index (χ2n) is 4.77. The molecule has 4 nitrogen and oxygen atoms in total. The highest BCUT2D eigenvalue weighted by Crippen LogP contribution is 2.19. The van der Waals surface area contributed by atoms with Crippen LogP contribution in [0.4, 0.5) is 5.69 Å². The molecule has 0 aliphatic carbocycles. The highest BCUT2D eigenvalue weighted by atomic mass is 32.2. The van der Waals surface area contributed by atoms with Crippen molar-refractivity contribution < 1.29 is 14.1 Å². The Balaban J connectivity index is 1.86. The number of hydrogen-bond donors (Lipinski definition) is 2. The third-order valence-electron chi connectivity index (χ3n) is 3.26. The van der Waals surface area contributed by atoms with Gasteiger partial charge in [-0.1, -0.05) is 36.4 Å². The molecule has 2 N–H and O–H groups in total. The fraction of sp³-hybridized carbons (Fsp3) is 0. The van der Waals surface area contributed by atoms with Gasteiger partial charge < -0.3 is 9.83 Å². The highest BCUT2D eigenvalue weighted by Gasteiger charge is 2.07. The average Bonchev–Trinajstić information content (AvgIpc) is 2.54. The molecule has 110 valence electrons. The van der Waals surface area contributed by atoms with Crippen molar-refractivity contribution in [3.8, 4) is 0 Å². The second-order valence-corrected chi connectivity index (χ2v) is 5.98. The first-order chi connectivity index (χ1) is 10.6. The molecular formula is C17H13NO3S. The Kier molecular flexibility index (Phi) is 3.89. The van der Waals surface area contributed by atoms with Crippen LogP contribution in [0.15, 0.2) is 71.6 Å². The molecule has 0 aliphatic rings. The molecule has 1 atom stereocenters. The van der Waals surface area contributed by atoms with Crippen molar-refractivity contribution in [3.05, 3.63) is 72.3 Å². The minimum atomic E-state index is -1.45. The summed E-state index contributed by atoms with van der Waals surface area (Å²) < 4.78 is 15.2. The topological polar surface area (TPSA) is 66.4 Å². The summed E-state index contributed by atoms with van der Waals surface area (Å²) in [7, 11) is -1.45. The van der Waals surface area contributed by atoms with Crippen molar-refractivity contribution in [3.63, 3.8) is 0 Å². The van der Waals surface area contributed by atoms with Crippen LogP contribution in [-0.4, -0.2) is 15.3 Å². The molecule has 0 radical (unpaired) electrons. The Hall–Kier alpha value is -2.66. The van der Waals surface area contributed by atoms with E-state index in [1.165, 1.54) is 12.1 Å². The lowest BCUT2D eigenvalue weighted by Gasteiger charge is -2.08. The van der Waals surface area contributed by atoms with Crippen molar-refractivity contribution in [1.82, 2.24) is 0 Å². The van der Waals surface area contributed by atoms with Gasteiger partial charge >= 0.3 is 5.97 Å². The summed E-state index contributed by atoms with van der Waals surface area (Å²) in [6.07, 6.45) is 0.